The fourth-order valence-corrected chi connectivity index (χ4v) is 3.39. The third-order valence-corrected chi connectivity index (χ3v) is 4.71. The van der Waals surface area contributed by atoms with Crippen LogP contribution in [-0.4, -0.2) is 64.1 Å². The van der Waals surface area contributed by atoms with Crippen LogP contribution in [0.15, 0.2) is 10.5 Å². The van der Waals surface area contributed by atoms with Crippen LogP contribution in [0.25, 0.3) is 0 Å². The number of oxime groups is 1. The monoisotopic (exact) mass is 435 g/mol. The number of hydrogen-bond acceptors (Lipinski definition) is 11. The first-order valence-corrected chi connectivity index (χ1v) is 9.93. The summed E-state index contributed by atoms with van der Waals surface area (Å²) in [5, 5.41) is 7.45. The third-order valence-electron chi connectivity index (χ3n) is 3.16. The zero-order valence-electron chi connectivity index (χ0n) is 14.8. The summed E-state index contributed by atoms with van der Waals surface area (Å²) >= 11 is 1.03. The number of amides is 2. The molecule has 0 saturated carbocycles. The smallest absolute Gasteiger partial charge is 0.365 e. The molecule has 1 aromatic heterocycles. The molecule has 13 nitrogen and oxygen atoms in total. The van der Waals surface area contributed by atoms with Crippen LogP contribution in [0.2, 0.25) is 0 Å². The van der Waals surface area contributed by atoms with Gasteiger partial charge >= 0.3 is 16.3 Å². The van der Waals surface area contributed by atoms with Gasteiger partial charge in [0.2, 0.25) is 6.23 Å². The normalized spacial score (nSPS) is 20.0. The molecule has 0 spiro atoms. The number of thiazole rings is 1. The highest BCUT2D eigenvalue weighted by Gasteiger charge is 2.56. The number of ether oxygens (including phenoxy) is 1. The minimum Gasteiger partial charge on any atom is -0.438 e. The Labute approximate surface area is 163 Å². The van der Waals surface area contributed by atoms with Crippen LogP contribution in [-0.2, 0) is 34.3 Å². The Morgan fingerprint density at radius 3 is 2.57 bits per heavy atom. The molecular formula is C13H17N5O8S2. The van der Waals surface area contributed by atoms with Crippen molar-refractivity contribution in [2.75, 3.05) is 5.73 Å². The van der Waals surface area contributed by atoms with Gasteiger partial charge in [0.15, 0.2) is 16.9 Å². The number of carbonyl (C=O) groups excluding carboxylic acids is 3. The summed E-state index contributed by atoms with van der Waals surface area (Å²) in [5.41, 5.74) is 5.27. The molecule has 1 saturated heterocycles. The van der Waals surface area contributed by atoms with E-state index in [1.807, 2.05) is 0 Å². The van der Waals surface area contributed by atoms with Crippen molar-refractivity contribution in [1.29, 1.82) is 0 Å². The molecule has 154 valence electrons. The van der Waals surface area contributed by atoms with Gasteiger partial charge in [-0.3, -0.25) is 18.9 Å². The SMILES string of the molecule is CC(=O)O[C@H]1[C@H](NC(=O)/C(=N/OC(C)C)c2csc(N)n2)C(=O)N1S(=O)(=O)O. The number of esters is 1. The van der Waals surface area contributed by atoms with E-state index >= 15 is 0 Å². The van der Waals surface area contributed by atoms with E-state index in [-0.39, 0.29) is 26.9 Å². The summed E-state index contributed by atoms with van der Waals surface area (Å²) in [6, 6.07) is -1.57. The number of aromatic nitrogens is 1. The second kappa shape index (κ2) is 8.07. The van der Waals surface area contributed by atoms with Crippen molar-refractivity contribution in [3.05, 3.63) is 11.1 Å². The van der Waals surface area contributed by atoms with Gasteiger partial charge in [0, 0.05) is 12.3 Å². The minimum absolute atomic E-state index is 0.0584. The molecule has 0 radical (unpaired) electrons. The van der Waals surface area contributed by atoms with Gasteiger partial charge in [0.1, 0.15) is 11.8 Å². The minimum atomic E-state index is -5.00. The fourth-order valence-electron chi connectivity index (χ4n) is 2.07. The number of hydrogen-bond donors (Lipinski definition) is 3. The van der Waals surface area contributed by atoms with E-state index in [9.17, 15) is 22.8 Å². The zero-order chi connectivity index (χ0) is 21.2. The van der Waals surface area contributed by atoms with Crippen LogP contribution >= 0.6 is 11.3 Å². The number of carbonyl (C=O) groups is 3. The van der Waals surface area contributed by atoms with E-state index in [1.54, 1.807) is 13.8 Å². The van der Waals surface area contributed by atoms with Gasteiger partial charge in [0.05, 0.1) is 0 Å². The molecule has 0 aliphatic carbocycles. The van der Waals surface area contributed by atoms with Crippen LogP contribution in [0.1, 0.15) is 26.5 Å². The predicted molar refractivity (Wildman–Crippen MR) is 95.2 cm³/mol. The summed E-state index contributed by atoms with van der Waals surface area (Å²) in [4.78, 5) is 44.8. The highest BCUT2D eigenvalue weighted by Crippen LogP contribution is 2.25. The molecule has 0 unspecified atom stereocenters. The second-order valence-corrected chi connectivity index (χ2v) is 7.91. The topological polar surface area (TPSA) is 191 Å². The molecule has 1 aromatic rings. The van der Waals surface area contributed by atoms with Gasteiger partial charge in [-0.05, 0) is 13.8 Å². The van der Waals surface area contributed by atoms with E-state index in [0.717, 1.165) is 18.3 Å². The van der Waals surface area contributed by atoms with Crippen molar-refractivity contribution < 1.29 is 36.9 Å². The fraction of sp³-hybridized carbons (Fsp3) is 0.462. The number of nitrogen functional groups attached to an aromatic ring is 1. The summed E-state index contributed by atoms with van der Waals surface area (Å²) in [7, 11) is -5.00. The maximum atomic E-state index is 12.6. The highest BCUT2D eigenvalue weighted by molar-refractivity contribution is 7.84. The van der Waals surface area contributed by atoms with Crippen molar-refractivity contribution in [1.82, 2.24) is 14.6 Å². The summed E-state index contributed by atoms with van der Waals surface area (Å²) in [6.07, 6.45) is -2.13. The van der Waals surface area contributed by atoms with E-state index in [1.165, 1.54) is 5.38 Å². The molecular weight excluding hydrogens is 418 g/mol. The molecule has 0 bridgehead atoms. The van der Waals surface area contributed by atoms with Crippen molar-refractivity contribution >= 4 is 50.3 Å². The Balaban J connectivity index is 2.27. The highest BCUT2D eigenvalue weighted by atomic mass is 32.2. The number of nitrogens with zero attached hydrogens (tertiary/aromatic N) is 3. The summed E-state index contributed by atoms with van der Waals surface area (Å²) in [6.45, 7) is 4.28. The summed E-state index contributed by atoms with van der Waals surface area (Å²) in [5.74, 6) is -3.10. The van der Waals surface area contributed by atoms with Crippen molar-refractivity contribution in [2.24, 2.45) is 5.16 Å². The van der Waals surface area contributed by atoms with Crippen LogP contribution in [0.4, 0.5) is 5.13 Å². The first kappa shape index (κ1) is 21.5. The van der Waals surface area contributed by atoms with Gasteiger partial charge in [0.25, 0.3) is 11.8 Å². The molecule has 2 heterocycles. The van der Waals surface area contributed by atoms with Crippen molar-refractivity contribution in [2.45, 2.75) is 39.1 Å². The largest absolute Gasteiger partial charge is 0.438 e. The lowest BCUT2D eigenvalue weighted by Gasteiger charge is -2.42. The Hall–Kier alpha value is -2.78. The standard InChI is InChI=1S/C13H17N5O8S2/c1-5(2)26-17-8(7-4-27-13(14)15-7)10(20)16-9-11(21)18(28(22,23)24)12(9)25-6(3)19/h4-5,9,12H,1-3H3,(H2,14,15)(H,16,20)(H,22,23,24)/b17-8+/t9-,12+/m1/s1. The lowest BCUT2D eigenvalue weighted by Crippen LogP contribution is -2.73. The summed E-state index contributed by atoms with van der Waals surface area (Å²) < 4.78 is 36.3. The first-order valence-electron chi connectivity index (χ1n) is 7.65. The van der Waals surface area contributed by atoms with Crippen LogP contribution < -0.4 is 11.1 Å². The Morgan fingerprint density at radius 1 is 1.46 bits per heavy atom. The molecule has 1 aliphatic heterocycles. The predicted octanol–water partition coefficient (Wildman–Crippen LogP) is -1.13. The molecule has 15 heteroatoms. The molecule has 2 rings (SSSR count). The molecule has 28 heavy (non-hydrogen) atoms. The molecule has 4 N–H and O–H groups in total. The maximum Gasteiger partial charge on any atom is 0.365 e. The number of β-lactam (4-membered cyclic amide) rings is 1. The van der Waals surface area contributed by atoms with Gasteiger partial charge < -0.3 is 20.6 Å². The van der Waals surface area contributed by atoms with Crippen LogP contribution in [0, 0.1) is 0 Å². The zero-order valence-corrected chi connectivity index (χ0v) is 16.5. The molecule has 0 aromatic carbocycles. The molecule has 1 aliphatic rings. The lowest BCUT2D eigenvalue weighted by molar-refractivity contribution is -0.178. The van der Waals surface area contributed by atoms with Crippen LogP contribution in [0.3, 0.4) is 0 Å². The van der Waals surface area contributed by atoms with Gasteiger partial charge in [-0.15, -0.1) is 11.3 Å². The van der Waals surface area contributed by atoms with E-state index < -0.39 is 40.4 Å². The lowest BCUT2D eigenvalue weighted by atomic mass is 10.1. The number of nitrogens with two attached hydrogens (primary N) is 1. The average Bonchev–Trinajstić information content (AvgIpc) is 2.96. The number of rotatable bonds is 7. The first-order chi connectivity index (χ1) is 12.9. The Kier molecular flexibility index (Phi) is 6.20. The van der Waals surface area contributed by atoms with E-state index in [2.05, 4.69) is 15.5 Å². The Bertz CT molecular complexity index is 925. The molecule has 1 fully saturated rings. The van der Waals surface area contributed by atoms with Crippen molar-refractivity contribution in [3.8, 4) is 0 Å². The molecule has 2 amide bonds. The second-order valence-electron chi connectivity index (χ2n) is 5.73. The van der Waals surface area contributed by atoms with Crippen molar-refractivity contribution in [3.63, 3.8) is 0 Å². The quantitative estimate of drug-likeness (QED) is 0.155. The van der Waals surface area contributed by atoms with E-state index in [0.29, 0.717) is 0 Å². The van der Waals surface area contributed by atoms with Gasteiger partial charge in [-0.1, -0.05) is 5.16 Å². The third kappa shape index (κ3) is 4.73. The van der Waals surface area contributed by atoms with Gasteiger partial charge in [-0.2, -0.15) is 12.7 Å². The average molecular weight is 435 g/mol. The van der Waals surface area contributed by atoms with Crippen LogP contribution in [0.5, 0.6) is 0 Å². The maximum absolute atomic E-state index is 12.6. The van der Waals surface area contributed by atoms with E-state index in [4.69, 9.17) is 19.9 Å². The number of nitrogens with one attached hydrogen (secondary N) is 1. The van der Waals surface area contributed by atoms with Gasteiger partial charge in [-0.25, -0.2) is 4.98 Å². The number of anilines is 1. The Morgan fingerprint density at radius 2 is 2.11 bits per heavy atom. The molecule has 2 atom stereocenters.